The number of rotatable bonds is 3. The Labute approximate surface area is 166 Å². The lowest BCUT2D eigenvalue weighted by Crippen LogP contribution is -2.49. The molecule has 9 heteroatoms. The molecule has 0 aliphatic carbocycles. The van der Waals surface area contributed by atoms with Crippen molar-refractivity contribution in [2.45, 2.75) is 4.90 Å². The highest BCUT2D eigenvalue weighted by Crippen LogP contribution is 2.31. The standard InChI is InChI=1S/C19H18FN3O3S2/c1-28(25,26)13-6-7-16-17(12-13)27-19(21-16)23-10-8-22(9-11-23)18(24)14-4-2-3-5-15(14)20/h2-7,12H,8-11H2,1H3. The van der Waals surface area contributed by atoms with Crippen LogP contribution >= 0.6 is 11.3 Å². The van der Waals surface area contributed by atoms with Gasteiger partial charge in [0.25, 0.3) is 5.91 Å². The molecule has 2 heterocycles. The van der Waals surface area contributed by atoms with Gasteiger partial charge in [-0.1, -0.05) is 23.5 Å². The van der Waals surface area contributed by atoms with Crippen molar-refractivity contribution in [2.75, 3.05) is 37.3 Å². The van der Waals surface area contributed by atoms with E-state index < -0.39 is 15.7 Å². The average Bonchev–Trinajstić information content (AvgIpc) is 3.11. The van der Waals surface area contributed by atoms with Crippen LogP contribution in [0.3, 0.4) is 0 Å². The van der Waals surface area contributed by atoms with Gasteiger partial charge >= 0.3 is 0 Å². The van der Waals surface area contributed by atoms with Gasteiger partial charge in [-0.2, -0.15) is 0 Å². The summed E-state index contributed by atoms with van der Waals surface area (Å²) in [5, 5.41) is 0.790. The van der Waals surface area contributed by atoms with Gasteiger partial charge in [0, 0.05) is 32.4 Å². The molecule has 0 atom stereocenters. The minimum Gasteiger partial charge on any atom is -0.345 e. The van der Waals surface area contributed by atoms with E-state index in [4.69, 9.17) is 0 Å². The number of aromatic nitrogens is 1. The summed E-state index contributed by atoms with van der Waals surface area (Å²) < 4.78 is 38.1. The minimum absolute atomic E-state index is 0.0873. The molecule has 3 aromatic rings. The van der Waals surface area contributed by atoms with E-state index in [0.717, 1.165) is 15.3 Å². The highest BCUT2D eigenvalue weighted by Gasteiger charge is 2.25. The summed E-state index contributed by atoms with van der Waals surface area (Å²) in [5.74, 6) is -0.817. The Morgan fingerprint density at radius 3 is 2.50 bits per heavy atom. The Morgan fingerprint density at radius 2 is 1.82 bits per heavy atom. The predicted molar refractivity (Wildman–Crippen MR) is 107 cm³/mol. The Bertz CT molecular complexity index is 1150. The molecule has 1 fully saturated rings. The van der Waals surface area contributed by atoms with E-state index in [9.17, 15) is 17.6 Å². The lowest BCUT2D eigenvalue weighted by Gasteiger charge is -2.34. The first-order valence-corrected chi connectivity index (χ1v) is 11.4. The van der Waals surface area contributed by atoms with Gasteiger partial charge in [-0.3, -0.25) is 4.79 Å². The maximum atomic E-state index is 13.9. The number of sulfone groups is 1. The molecule has 1 aliphatic heterocycles. The summed E-state index contributed by atoms with van der Waals surface area (Å²) in [4.78, 5) is 21.1. The van der Waals surface area contributed by atoms with Crippen molar-refractivity contribution in [1.29, 1.82) is 0 Å². The zero-order chi connectivity index (χ0) is 19.9. The van der Waals surface area contributed by atoms with Gasteiger partial charge < -0.3 is 9.80 Å². The molecule has 0 N–H and O–H groups in total. The van der Waals surface area contributed by atoms with Crippen LogP contribution in [-0.2, 0) is 9.84 Å². The smallest absolute Gasteiger partial charge is 0.256 e. The van der Waals surface area contributed by atoms with Crippen molar-refractivity contribution < 1.29 is 17.6 Å². The maximum absolute atomic E-state index is 13.9. The Hall–Kier alpha value is -2.52. The van der Waals surface area contributed by atoms with Gasteiger partial charge in [-0.05, 0) is 30.3 Å². The lowest BCUT2D eigenvalue weighted by atomic mass is 10.1. The SMILES string of the molecule is CS(=O)(=O)c1ccc2nc(N3CCN(C(=O)c4ccccc4F)CC3)sc2c1. The zero-order valence-corrected chi connectivity index (χ0v) is 16.8. The first-order chi connectivity index (χ1) is 13.3. The molecule has 0 saturated carbocycles. The quantitative estimate of drug-likeness (QED) is 0.653. The van der Waals surface area contributed by atoms with Crippen LogP contribution in [0.2, 0.25) is 0 Å². The number of thiazole rings is 1. The number of amides is 1. The number of nitrogens with zero attached hydrogens (tertiary/aromatic N) is 3. The predicted octanol–water partition coefficient (Wildman–Crippen LogP) is 2.80. The summed E-state index contributed by atoms with van der Waals surface area (Å²) in [6.07, 6.45) is 1.18. The van der Waals surface area contributed by atoms with E-state index in [1.165, 1.54) is 29.7 Å². The highest BCUT2D eigenvalue weighted by atomic mass is 32.2. The second-order valence-corrected chi connectivity index (χ2v) is 9.68. The van der Waals surface area contributed by atoms with Crippen LogP contribution in [0.25, 0.3) is 10.2 Å². The number of hydrogen-bond donors (Lipinski definition) is 0. The third-order valence-electron chi connectivity index (χ3n) is 4.72. The second-order valence-electron chi connectivity index (χ2n) is 6.66. The minimum atomic E-state index is -3.27. The number of halogens is 1. The van der Waals surface area contributed by atoms with E-state index >= 15 is 0 Å². The first kappa shape index (κ1) is 18.8. The number of carbonyl (C=O) groups excluding carboxylic acids is 1. The van der Waals surface area contributed by atoms with E-state index in [-0.39, 0.29) is 16.4 Å². The normalized spacial score (nSPS) is 15.2. The summed E-state index contributed by atoms with van der Waals surface area (Å²) in [6.45, 7) is 2.10. The van der Waals surface area contributed by atoms with Crippen LogP contribution in [0.1, 0.15) is 10.4 Å². The fourth-order valence-electron chi connectivity index (χ4n) is 3.16. The van der Waals surface area contributed by atoms with Gasteiger partial charge in [0.15, 0.2) is 15.0 Å². The fourth-order valence-corrected chi connectivity index (χ4v) is 4.94. The van der Waals surface area contributed by atoms with Gasteiger partial charge in [-0.15, -0.1) is 0 Å². The van der Waals surface area contributed by atoms with Gasteiger partial charge in [0.05, 0.1) is 20.7 Å². The Kier molecular flexibility index (Phi) is 4.80. The van der Waals surface area contributed by atoms with Crippen molar-refractivity contribution >= 4 is 42.4 Å². The van der Waals surface area contributed by atoms with Crippen LogP contribution in [0.4, 0.5) is 9.52 Å². The molecular weight excluding hydrogens is 401 g/mol. The number of carbonyl (C=O) groups is 1. The molecule has 6 nitrogen and oxygen atoms in total. The zero-order valence-electron chi connectivity index (χ0n) is 15.1. The topological polar surface area (TPSA) is 70.6 Å². The van der Waals surface area contributed by atoms with Gasteiger partial charge in [0.1, 0.15) is 5.82 Å². The maximum Gasteiger partial charge on any atom is 0.256 e. The molecule has 1 aliphatic rings. The summed E-state index contributed by atoms with van der Waals surface area (Å²) in [6, 6.07) is 10.9. The molecule has 1 aromatic heterocycles. The van der Waals surface area contributed by atoms with E-state index in [0.29, 0.717) is 26.2 Å². The first-order valence-electron chi connectivity index (χ1n) is 8.72. The van der Waals surface area contributed by atoms with Crippen LogP contribution in [0, 0.1) is 5.82 Å². The van der Waals surface area contributed by atoms with Gasteiger partial charge in [0.2, 0.25) is 0 Å². The molecule has 28 heavy (non-hydrogen) atoms. The third-order valence-corrected chi connectivity index (χ3v) is 6.91. The summed E-state index contributed by atoms with van der Waals surface area (Å²) >= 11 is 1.43. The van der Waals surface area contributed by atoms with Gasteiger partial charge in [-0.25, -0.2) is 17.8 Å². The number of anilines is 1. The molecule has 0 unspecified atom stereocenters. The number of piperazine rings is 1. The summed E-state index contributed by atoms with van der Waals surface area (Å²) in [7, 11) is -3.27. The molecule has 146 valence electrons. The Balaban J connectivity index is 1.49. The van der Waals surface area contributed by atoms with Crippen LogP contribution < -0.4 is 4.90 Å². The van der Waals surface area contributed by atoms with Crippen molar-refractivity contribution in [1.82, 2.24) is 9.88 Å². The molecule has 1 saturated heterocycles. The Morgan fingerprint density at radius 1 is 1.11 bits per heavy atom. The highest BCUT2D eigenvalue weighted by molar-refractivity contribution is 7.90. The third kappa shape index (κ3) is 3.59. The molecule has 4 rings (SSSR count). The molecule has 0 radical (unpaired) electrons. The monoisotopic (exact) mass is 419 g/mol. The van der Waals surface area contributed by atoms with Crippen molar-refractivity contribution in [2.24, 2.45) is 0 Å². The molecule has 0 bridgehead atoms. The van der Waals surface area contributed by atoms with Crippen LogP contribution in [-0.4, -0.2) is 56.6 Å². The molecule has 0 spiro atoms. The number of benzene rings is 2. The number of hydrogen-bond acceptors (Lipinski definition) is 6. The molecule has 2 aromatic carbocycles. The number of fused-ring (bicyclic) bond motifs is 1. The van der Waals surface area contributed by atoms with E-state index in [2.05, 4.69) is 9.88 Å². The van der Waals surface area contributed by atoms with Crippen molar-refractivity contribution in [3.63, 3.8) is 0 Å². The second kappa shape index (κ2) is 7.14. The van der Waals surface area contributed by atoms with Crippen LogP contribution in [0.5, 0.6) is 0 Å². The van der Waals surface area contributed by atoms with Crippen molar-refractivity contribution in [3.05, 3.63) is 53.8 Å². The molecular formula is C19H18FN3O3S2. The van der Waals surface area contributed by atoms with Crippen molar-refractivity contribution in [3.8, 4) is 0 Å². The lowest BCUT2D eigenvalue weighted by molar-refractivity contribution is 0.0742. The van der Waals surface area contributed by atoms with E-state index in [1.807, 2.05) is 0 Å². The summed E-state index contributed by atoms with van der Waals surface area (Å²) in [5.41, 5.74) is 0.835. The average molecular weight is 420 g/mol. The van der Waals surface area contributed by atoms with Crippen LogP contribution in [0.15, 0.2) is 47.4 Å². The van der Waals surface area contributed by atoms with E-state index in [1.54, 1.807) is 35.2 Å². The largest absolute Gasteiger partial charge is 0.345 e. The molecule has 1 amide bonds. The fraction of sp³-hybridized carbons (Fsp3) is 0.263.